The summed E-state index contributed by atoms with van der Waals surface area (Å²) in [5.41, 5.74) is 0.712. The average Bonchev–Trinajstić information content (AvgIpc) is 3.23. The van der Waals surface area contributed by atoms with Crippen molar-refractivity contribution in [3.8, 4) is 11.3 Å². The largest absolute Gasteiger partial charge is 0.394 e. The molecular weight excluding hydrogens is 428 g/mol. The third-order valence-corrected chi connectivity index (χ3v) is 5.87. The molecule has 4 rings (SSSR count). The summed E-state index contributed by atoms with van der Waals surface area (Å²) in [7, 11) is 2.94. The minimum Gasteiger partial charge on any atom is -0.394 e. The van der Waals surface area contributed by atoms with E-state index in [1.165, 1.54) is 35.9 Å². The van der Waals surface area contributed by atoms with Gasteiger partial charge in [0.05, 0.1) is 34.2 Å². The van der Waals surface area contributed by atoms with Crippen molar-refractivity contribution in [3.05, 3.63) is 97.3 Å². The normalized spacial score (nSPS) is 13.2. The molecule has 0 unspecified atom stereocenters. The number of non-ortho nitro benzene ring substituents is 1. The fourth-order valence-electron chi connectivity index (χ4n) is 4.07. The zero-order chi connectivity index (χ0) is 23.9. The zero-order valence-electron chi connectivity index (χ0n) is 18.0. The molecule has 0 aliphatic heterocycles. The quantitative estimate of drug-likeness (QED) is 0.340. The van der Waals surface area contributed by atoms with E-state index in [2.05, 4.69) is 0 Å². The highest BCUT2D eigenvalue weighted by Gasteiger charge is 2.28. The van der Waals surface area contributed by atoms with Gasteiger partial charge < -0.3 is 14.8 Å². The van der Waals surface area contributed by atoms with E-state index in [0.29, 0.717) is 22.3 Å². The Balaban J connectivity index is 1.98. The minimum atomic E-state index is -1.25. The monoisotopic (exact) mass is 450 g/mol. The SMILES string of the molecule is Cn1c(=O)c2c(-c3ccccc3)n([C@H](CO)[C@@H](O)c3ccc([N+](=O)[O-])cc3)cc2n(C)c1=O. The van der Waals surface area contributed by atoms with Gasteiger partial charge in [-0.25, -0.2) is 4.79 Å². The first-order valence-electron chi connectivity index (χ1n) is 10.2. The molecular formula is C23H22N4O6. The molecule has 10 nitrogen and oxygen atoms in total. The van der Waals surface area contributed by atoms with Gasteiger partial charge in [-0.1, -0.05) is 30.3 Å². The lowest BCUT2D eigenvalue weighted by atomic mass is 10.0. The number of nitro groups is 1. The second-order valence-corrected chi connectivity index (χ2v) is 7.76. The number of fused-ring (bicyclic) bond motifs is 1. The maximum Gasteiger partial charge on any atom is 0.330 e. The Labute approximate surface area is 187 Å². The molecule has 2 aromatic carbocycles. The molecule has 33 heavy (non-hydrogen) atoms. The summed E-state index contributed by atoms with van der Waals surface area (Å²) in [5, 5.41) is 32.6. The van der Waals surface area contributed by atoms with Crippen LogP contribution in [0.5, 0.6) is 0 Å². The van der Waals surface area contributed by atoms with Gasteiger partial charge in [0, 0.05) is 32.4 Å². The van der Waals surface area contributed by atoms with Crippen LogP contribution in [0.4, 0.5) is 5.69 Å². The molecule has 0 amide bonds. The van der Waals surface area contributed by atoms with Gasteiger partial charge in [0.2, 0.25) is 0 Å². The highest BCUT2D eigenvalue weighted by molar-refractivity contribution is 5.93. The van der Waals surface area contributed by atoms with Gasteiger partial charge in [0.15, 0.2) is 0 Å². The maximum absolute atomic E-state index is 13.1. The molecule has 2 heterocycles. The molecule has 0 radical (unpaired) electrons. The molecule has 0 fully saturated rings. The second kappa shape index (κ2) is 8.49. The number of hydrogen-bond donors (Lipinski definition) is 2. The Kier molecular flexibility index (Phi) is 5.71. The summed E-state index contributed by atoms with van der Waals surface area (Å²) in [6.45, 7) is -0.493. The summed E-state index contributed by atoms with van der Waals surface area (Å²) in [6.07, 6.45) is 0.316. The van der Waals surface area contributed by atoms with Crippen LogP contribution in [0.1, 0.15) is 17.7 Å². The number of hydrogen-bond acceptors (Lipinski definition) is 6. The fourth-order valence-corrected chi connectivity index (χ4v) is 4.07. The number of aliphatic hydroxyl groups excluding tert-OH is 2. The molecule has 0 spiro atoms. The number of nitrogens with zero attached hydrogens (tertiary/aromatic N) is 4. The first-order valence-corrected chi connectivity index (χ1v) is 10.2. The molecule has 10 heteroatoms. The van der Waals surface area contributed by atoms with Gasteiger partial charge in [-0.15, -0.1) is 0 Å². The fraction of sp³-hybridized carbons (Fsp3) is 0.217. The van der Waals surface area contributed by atoms with E-state index in [9.17, 15) is 29.9 Å². The highest BCUT2D eigenvalue weighted by atomic mass is 16.6. The van der Waals surface area contributed by atoms with Gasteiger partial charge in [0.25, 0.3) is 11.2 Å². The number of nitro benzene ring substituents is 1. The van der Waals surface area contributed by atoms with Crippen molar-refractivity contribution in [1.29, 1.82) is 0 Å². The molecule has 170 valence electrons. The van der Waals surface area contributed by atoms with E-state index in [1.54, 1.807) is 42.1 Å². The molecule has 0 bridgehead atoms. The highest BCUT2D eigenvalue weighted by Crippen LogP contribution is 2.35. The standard InChI is InChI=1S/C23H22N4O6/c1-24-17-12-26(18(13-28)21(29)15-8-10-16(11-9-15)27(32)33)20(14-6-4-3-5-7-14)19(17)22(30)25(2)23(24)31/h3-12,18,21,28-29H,13H2,1-2H3/t18-,21+/m1/s1. The van der Waals surface area contributed by atoms with Crippen LogP contribution >= 0.6 is 0 Å². The van der Waals surface area contributed by atoms with Crippen LogP contribution in [-0.4, -0.2) is 35.4 Å². The van der Waals surface area contributed by atoms with Crippen LogP contribution in [0.25, 0.3) is 22.2 Å². The number of aliphatic hydroxyl groups is 2. The third-order valence-electron chi connectivity index (χ3n) is 5.87. The molecule has 2 N–H and O–H groups in total. The number of aryl methyl sites for hydroxylation is 1. The van der Waals surface area contributed by atoms with Gasteiger partial charge in [-0.05, 0) is 23.3 Å². The lowest BCUT2D eigenvalue weighted by Gasteiger charge is -2.25. The van der Waals surface area contributed by atoms with Crippen molar-refractivity contribution in [2.75, 3.05) is 6.61 Å². The maximum atomic E-state index is 13.1. The van der Waals surface area contributed by atoms with E-state index in [-0.39, 0.29) is 11.1 Å². The molecule has 0 saturated carbocycles. The van der Waals surface area contributed by atoms with E-state index >= 15 is 0 Å². The predicted octanol–water partition coefficient (Wildman–Crippen LogP) is 1.88. The molecule has 0 saturated heterocycles. The zero-order valence-corrected chi connectivity index (χ0v) is 18.0. The van der Waals surface area contributed by atoms with Gasteiger partial charge >= 0.3 is 5.69 Å². The van der Waals surface area contributed by atoms with Crippen molar-refractivity contribution in [2.45, 2.75) is 12.1 Å². The summed E-state index contributed by atoms with van der Waals surface area (Å²) in [4.78, 5) is 36.0. The second-order valence-electron chi connectivity index (χ2n) is 7.76. The average molecular weight is 450 g/mol. The number of aromatic nitrogens is 3. The Morgan fingerprint density at radius 2 is 1.64 bits per heavy atom. The van der Waals surface area contributed by atoms with Crippen LogP contribution in [-0.2, 0) is 14.1 Å². The minimum absolute atomic E-state index is 0.123. The molecule has 0 aliphatic carbocycles. The molecule has 2 atom stereocenters. The Morgan fingerprint density at radius 1 is 1.00 bits per heavy atom. The summed E-state index contributed by atoms with van der Waals surface area (Å²) < 4.78 is 3.94. The molecule has 4 aromatic rings. The van der Waals surface area contributed by atoms with Crippen molar-refractivity contribution < 1.29 is 15.1 Å². The Hall–Kier alpha value is -4.02. The van der Waals surface area contributed by atoms with Crippen LogP contribution in [0, 0.1) is 10.1 Å². The van der Waals surface area contributed by atoms with Crippen molar-refractivity contribution in [1.82, 2.24) is 13.7 Å². The number of rotatable bonds is 6. The summed E-state index contributed by atoms with van der Waals surface area (Å²) in [6, 6.07) is 13.5. The van der Waals surface area contributed by atoms with Crippen LogP contribution in [0.15, 0.2) is 70.4 Å². The lowest BCUT2D eigenvalue weighted by molar-refractivity contribution is -0.384. The van der Waals surface area contributed by atoms with Gasteiger partial charge in [-0.2, -0.15) is 0 Å². The first-order chi connectivity index (χ1) is 15.8. The van der Waals surface area contributed by atoms with Gasteiger partial charge in [0.1, 0.15) is 6.10 Å². The van der Waals surface area contributed by atoms with Gasteiger partial charge in [-0.3, -0.25) is 24.0 Å². The van der Waals surface area contributed by atoms with E-state index < -0.39 is 34.9 Å². The van der Waals surface area contributed by atoms with E-state index in [1.807, 2.05) is 6.07 Å². The van der Waals surface area contributed by atoms with E-state index in [0.717, 1.165) is 4.57 Å². The van der Waals surface area contributed by atoms with E-state index in [4.69, 9.17) is 0 Å². The summed E-state index contributed by atoms with van der Waals surface area (Å²) >= 11 is 0. The smallest absolute Gasteiger partial charge is 0.330 e. The van der Waals surface area contributed by atoms with Crippen LogP contribution in [0.3, 0.4) is 0 Å². The Bertz CT molecular complexity index is 1450. The summed E-state index contributed by atoms with van der Waals surface area (Å²) in [5.74, 6) is 0. The van der Waals surface area contributed by atoms with Crippen molar-refractivity contribution >= 4 is 16.6 Å². The van der Waals surface area contributed by atoms with Crippen LogP contribution in [0.2, 0.25) is 0 Å². The predicted molar refractivity (Wildman–Crippen MR) is 122 cm³/mol. The third kappa shape index (κ3) is 3.65. The molecule has 2 aromatic heterocycles. The van der Waals surface area contributed by atoms with Crippen molar-refractivity contribution in [3.63, 3.8) is 0 Å². The molecule has 0 aliphatic rings. The lowest BCUT2D eigenvalue weighted by Crippen LogP contribution is -2.36. The van der Waals surface area contributed by atoms with Crippen LogP contribution < -0.4 is 11.2 Å². The van der Waals surface area contributed by atoms with Crippen molar-refractivity contribution in [2.24, 2.45) is 14.1 Å². The Morgan fingerprint density at radius 3 is 2.21 bits per heavy atom. The number of benzene rings is 2. The topological polar surface area (TPSA) is 133 Å². The first kappa shape index (κ1) is 22.2.